The lowest BCUT2D eigenvalue weighted by Gasteiger charge is -2.35. The van der Waals surface area contributed by atoms with Gasteiger partial charge in [0.25, 0.3) is 0 Å². The van der Waals surface area contributed by atoms with E-state index >= 15 is 0 Å². The molecular formula is C17H19ClN6O. The lowest BCUT2D eigenvalue weighted by atomic mass is 10.2. The Morgan fingerprint density at radius 2 is 1.80 bits per heavy atom. The van der Waals surface area contributed by atoms with Crippen LogP contribution in [0.1, 0.15) is 0 Å². The summed E-state index contributed by atoms with van der Waals surface area (Å²) in [6, 6.07) is 7.52. The summed E-state index contributed by atoms with van der Waals surface area (Å²) in [4.78, 5) is 13.4. The monoisotopic (exact) mass is 358 g/mol. The van der Waals surface area contributed by atoms with Crippen LogP contribution in [0.25, 0.3) is 16.7 Å². The molecule has 1 saturated heterocycles. The Hall–Kier alpha value is -2.22. The van der Waals surface area contributed by atoms with E-state index in [1.807, 2.05) is 30.5 Å². The Labute approximate surface area is 150 Å². The van der Waals surface area contributed by atoms with Crippen molar-refractivity contribution in [2.45, 2.75) is 0 Å². The maximum absolute atomic E-state index is 9.08. The topological polar surface area (TPSA) is 70.3 Å². The number of aliphatic hydroxyl groups is 1. The first-order valence-corrected chi connectivity index (χ1v) is 8.67. The van der Waals surface area contributed by atoms with E-state index in [4.69, 9.17) is 16.7 Å². The molecule has 0 bridgehead atoms. The zero-order chi connectivity index (χ0) is 17.2. The second-order valence-corrected chi connectivity index (χ2v) is 6.46. The molecule has 7 nitrogen and oxygen atoms in total. The van der Waals surface area contributed by atoms with Crippen LogP contribution >= 0.6 is 11.6 Å². The molecule has 0 atom stereocenters. The predicted octanol–water partition coefficient (Wildman–Crippen LogP) is 1.58. The fourth-order valence-corrected chi connectivity index (χ4v) is 3.31. The van der Waals surface area contributed by atoms with Gasteiger partial charge in [0, 0.05) is 37.7 Å². The van der Waals surface area contributed by atoms with Crippen molar-refractivity contribution >= 4 is 28.5 Å². The highest BCUT2D eigenvalue weighted by Crippen LogP contribution is 2.25. The predicted molar refractivity (Wildman–Crippen MR) is 97.4 cm³/mol. The second kappa shape index (κ2) is 6.95. The number of piperazine rings is 1. The minimum Gasteiger partial charge on any atom is -0.395 e. The van der Waals surface area contributed by atoms with Crippen LogP contribution in [0, 0.1) is 0 Å². The lowest BCUT2D eigenvalue weighted by Crippen LogP contribution is -2.47. The molecule has 3 heterocycles. The van der Waals surface area contributed by atoms with Crippen LogP contribution in [-0.2, 0) is 0 Å². The smallest absolute Gasteiger partial charge is 0.168 e. The van der Waals surface area contributed by atoms with Crippen molar-refractivity contribution in [3.05, 3.63) is 41.8 Å². The molecule has 3 aromatic rings. The minimum atomic E-state index is 0.200. The summed E-state index contributed by atoms with van der Waals surface area (Å²) in [5.74, 6) is 0.911. The molecule has 25 heavy (non-hydrogen) atoms. The lowest BCUT2D eigenvalue weighted by molar-refractivity contribution is 0.188. The summed E-state index contributed by atoms with van der Waals surface area (Å²) in [7, 11) is 0. The Bertz CT molecular complexity index is 857. The number of aliphatic hydroxyl groups excluding tert-OH is 1. The molecule has 0 unspecified atom stereocenters. The van der Waals surface area contributed by atoms with Crippen LogP contribution in [0.5, 0.6) is 0 Å². The quantitative estimate of drug-likeness (QED) is 0.763. The van der Waals surface area contributed by atoms with E-state index in [-0.39, 0.29) is 6.61 Å². The Kier molecular flexibility index (Phi) is 4.52. The summed E-state index contributed by atoms with van der Waals surface area (Å²) in [5, 5.41) is 15.2. The number of β-amino-alcohol motifs (C(OH)–C–C–N with tert-alkyl or cyclic N) is 1. The number of halogens is 1. The highest BCUT2D eigenvalue weighted by molar-refractivity contribution is 6.30. The van der Waals surface area contributed by atoms with Gasteiger partial charge in [0.15, 0.2) is 5.65 Å². The normalized spacial score (nSPS) is 15.8. The average molecular weight is 359 g/mol. The van der Waals surface area contributed by atoms with Gasteiger partial charge in [0.05, 0.1) is 23.9 Å². The third-order valence-electron chi connectivity index (χ3n) is 4.50. The second-order valence-electron chi connectivity index (χ2n) is 6.02. The third-order valence-corrected chi connectivity index (χ3v) is 4.76. The molecule has 1 aromatic carbocycles. The number of fused-ring (bicyclic) bond motifs is 1. The number of benzene rings is 1. The molecule has 0 aliphatic carbocycles. The first-order valence-electron chi connectivity index (χ1n) is 8.29. The fourth-order valence-electron chi connectivity index (χ4n) is 3.18. The zero-order valence-corrected chi connectivity index (χ0v) is 14.5. The van der Waals surface area contributed by atoms with E-state index in [0.29, 0.717) is 5.02 Å². The van der Waals surface area contributed by atoms with Crippen molar-refractivity contribution in [2.75, 3.05) is 44.2 Å². The molecule has 0 radical (unpaired) electrons. The first-order chi connectivity index (χ1) is 12.3. The Morgan fingerprint density at radius 3 is 2.52 bits per heavy atom. The summed E-state index contributed by atoms with van der Waals surface area (Å²) in [5.41, 5.74) is 1.70. The first kappa shape index (κ1) is 16.3. The van der Waals surface area contributed by atoms with Crippen LogP contribution in [-0.4, -0.2) is 69.1 Å². The molecule has 130 valence electrons. The molecule has 8 heteroatoms. The highest BCUT2D eigenvalue weighted by Gasteiger charge is 2.21. The maximum atomic E-state index is 9.08. The van der Waals surface area contributed by atoms with Gasteiger partial charge >= 0.3 is 0 Å². The number of hydrogen-bond donors (Lipinski definition) is 1. The van der Waals surface area contributed by atoms with Gasteiger partial charge in [-0.1, -0.05) is 11.6 Å². The van der Waals surface area contributed by atoms with E-state index in [1.54, 1.807) is 11.0 Å². The number of hydrogen-bond acceptors (Lipinski definition) is 6. The van der Waals surface area contributed by atoms with E-state index in [9.17, 15) is 0 Å². The standard InChI is InChI=1S/C17H19ClN6O/c18-13-1-3-14(4-2-13)24-17-15(11-21-24)16(19-12-20-17)23-7-5-22(6-8-23)9-10-25/h1-4,11-12,25H,5-10H2. The van der Waals surface area contributed by atoms with Crippen LogP contribution in [0.4, 0.5) is 5.82 Å². The van der Waals surface area contributed by atoms with E-state index in [2.05, 4.69) is 24.9 Å². The van der Waals surface area contributed by atoms with E-state index in [0.717, 1.165) is 55.3 Å². The number of rotatable bonds is 4. The molecule has 1 fully saturated rings. The number of aromatic nitrogens is 4. The Balaban J connectivity index is 1.65. The van der Waals surface area contributed by atoms with E-state index in [1.165, 1.54) is 0 Å². The molecule has 2 aromatic heterocycles. The maximum Gasteiger partial charge on any atom is 0.168 e. The molecule has 1 aliphatic heterocycles. The summed E-state index contributed by atoms with van der Waals surface area (Å²) in [6.45, 7) is 4.50. The van der Waals surface area contributed by atoms with Crippen LogP contribution in [0.2, 0.25) is 5.02 Å². The zero-order valence-electron chi connectivity index (χ0n) is 13.7. The van der Waals surface area contributed by atoms with Crippen molar-refractivity contribution < 1.29 is 5.11 Å². The van der Waals surface area contributed by atoms with Gasteiger partial charge in [-0.2, -0.15) is 5.10 Å². The third kappa shape index (κ3) is 3.18. The van der Waals surface area contributed by atoms with Crippen LogP contribution in [0.3, 0.4) is 0 Å². The highest BCUT2D eigenvalue weighted by atomic mass is 35.5. The van der Waals surface area contributed by atoms with Gasteiger partial charge in [0.2, 0.25) is 0 Å². The fraction of sp³-hybridized carbons (Fsp3) is 0.353. The van der Waals surface area contributed by atoms with Crippen molar-refractivity contribution in [3.63, 3.8) is 0 Å². The van der Waals surface area contributed by atoms with Crippen molar-refractivity contribution in [3.8, 4) is 5.69 Å². The van der Waals surface area contributed by atoms with Crippen LogP contribution in [0.15, 0.2) is 36.8 Å². The molecule has 0 spiro atoms. The number of anilines is 1. The largest absolute Gasteiger partial charge is 0.395 e. The number of nitrogens with zero attached hydrogens (tertiary/aromatic N) is 6. The SMILES string of the molecule is OCCN1CCN(c2ncnc3c2cnn3-c2ccc(Cl)cc2)CC1. The summed E-state index contributed by atoms with van der Waals surface area (Å²) >= 11 is 5.97. The summed E-state index contributed by atoms with van der Waals surface area (Å²) in [6.07, 6.45) is 3.41. The van der Waals surface area contributed by atoms with Gasteiger partial charge < -0.3 is 10.0 Å². The minimum absolute atomic E-state index is 0.200. The molecule has 4 rings (SSSR count). The van der Waals surface area contributed by atoms with Gasteiger partial charge in [-0.25, -0.2) is 14.6 Å². The van der Waals surface area contributed by atoms with Gasteiger partial charge in [-0.05, 0) is 24.3 Å². The van der Waals surface area contributed by atoms with E-state index < -0.39 is 0 Å². The molecule has 0 amide bonds. The molecule has 1 aliphatic rings. The summed E-state index contributed by atoms with van der Waals surface area (Å²) < 4.78 is 1.80. The van der Waals surface area contributed by atoms with Gasteiger partial charge in [-0.15, -0.1) is 0 Å². The van der Waals surface area contributed by atoms with Gasteiger partial charge in [0.1, 0.15) is 12.1 Å². The van der Waals surface area contributed by atoms with Gasteiger partial charge in [-0.3, -0.25) is 4.90 Å². The van der Waals surface area contributed by atoms with Crippen molar-refractivity contribution in [1.29, 1.82) is 0 Å². The molecule has 1 N–H and O–H groups in total. The molecule has 0 saturated carbocycles. The van der Waals surface area contributed by atoms with Crippen LogP contribution < -0.4 is 4.90 Å². The Morgan fingerprint density at radius 1 is 1.04 bits per heavy atom. The average Bonchev–Trinajstić information content (AvgIpc) is 3.08. The van der Waals surface area contributed by atoms with Crippen molar-refractivity contribution in [1.82, 2.24) is 24.6 Å². The van der Waals surface area contributed by atoms with Crippen molar-refractivity contribution in [2.24, 2.45) is 0 Å². The molecular weight excluding hydrogens is 340 g/mol.